The van der Waals surface area contributed by atoms with Crippen LogP contribution < -0.4 is 5.56 Å². The van der Waals surface area contributed by atoms with E-state index in [0.29, 0.717) is 10.7 Å². The van der Waals surface area contributed by atoms with Gasteiger partial charge in [0.15, 0.2) is 0 Å². The Balaban J connectivity index is 1.94. The van der Waals surface area contributed by atoms with E-state index < -0.39 is 0 Å². The summed E-state index contributed by atoms with van der Waals surface area (Å²) >= 11 is 1.41. The second kappa shape index (κ2) is 5.61. The molecule has 6 nitrogen and oxygen atoms in total. The average molecular weight is 337 g/mol. The van der Waals surface area contributed by atoms with Crippen LogP contribution in [0.4, 0.5) is 0 Å². The number of aromatic amines is 1. The second-order valence-corrected chi connectivity index (χ2v) is 6.36. The van der Waals surface area contributed by atoms with Crippen LogP contribution in [0.15, 0.2) is 52.8 Å². The standard InChI is InChI=1S/C17H15N5OS/c1-11-10-14(21(19-11)13-6-4-3-5-7-13)15-12(2)20-22(16(15)23)17-18-8-9-24-17/h3-10,20H,1-2H3. The number of hydrogen-bond donors (Lipinski definition) is 1. The monoisotopic (exact) mass is 337 g/mol. The molecular formula is C17H15N5OS. The van der Waals surface area contributed by atoms with Crippen molar-refractivity contribution in [1.29, 1.82) is 0 Å². The van der Waals surface area contributed by atoms with Crippen LogP contribution in [-0.4, -0.2) is 24.5 Å². The third-order valence-corrected chi connectivity index (χ3v) is 4.53. The van der Waals surface area contributed by atoms with Crippen molar-refractivity contribution >= 4 is 11.3 Å². The maximum Gasteiger partial charge on any atom is 0.283 e. The lowest BCUT2D eigenvalue weighted by Crippen LogP contribution is -2.16. The third-order valence-electron chi connectivity index (χ3n) is 3.77. The minimum Gasteiger partial charge on any atom is -0.293 e. The summed E-state index contributed by atoms with van der Waals surface area (Å²) in [6, 6.07) is 11.7. The van der Waals surface area contributed by atoms with Crippen LogP contribution in [-0.2, 0) is 0 Å². The van der Waals surface area contributed by atoms with Crippen LogP contribution in [0.2, 0.25) is 0 Å². The molecule has 1 N–H and O–H groups in total. The Labute approximate surface area is 142 Å². The maximum atomic E-state index is 12.9. The summed E-state index contributed by atoms with van der Waals surface area (Å²) in [6.45, 7) is 3.81. The molecule has 0 spiro atoms. The number of nitrogens with one attached hydrogen (secondary N) is 1. The van der Waals surface area contributed by atoms with Gasteiger partial charge in [-0.2, -0.15) is 9.78 Å². The van der Waals surface area contributed by atoms with Crippen molar-refractivity contribution in [2.45, 2.75) is 13.8 Å². The molecule has 4 rings (SSSR count). The van der Waals surface area contributed by atoms with Crippen molar-refractivity contribution in [3.05, 3.63) is 69.7 Å². The lowest BCUT2D eigenvalue weighted by Gasteiger charge is -2.05. The first kappa shape index (κ1) is 14.6. The Morgan fingerprint density at radius 2 is 1.96 bits per heavy atom. The second-order valence-electron chi connectivity index (χ2n) is 5.49. The summed E-state index contributed by atoms with van der Waals surface area (Å²) in [6.07, 6.45) is 1.68. The van der Waals surface area contributed by atoms with Gasteiger partial charge in [-0.25, -0.2) is 9.67 Å². The van der Waals surface area contributed by atoms with Crippen LogP contribution in [0.5, 0.6) is 0 Å². The number of rotatable bonds is 3. The summed E-state index contributed by atoms with van der Waals surface area (Å²) in [5.74, 6) is 0. The van der Waals surface area contributed by atoms with Gasteiger partial charge in [-0.1, -0.05) is 18.2 Å². The molecule has 0 bridgehead atoms. The Kier molecular flexibility index (Phi) is 3.42. The zero-order valence-corrected chi connectivity index (χ0v) is 14.0. The highest BCUT2D eigenvalue weighted by atomic mass is 32.1. The molecule has 0 aliphatic rings. The van der Waals surface area contributed by atoms with Gasteiger partial charge in [0.05, 0.1) is 22.6 Å². The van der Waals surface area contributed by atoms with E-state index in [4.69, 9.17) is 0 Å². The fourth-order valence-electron chi connectivity index (χ4n) is 2.75. The van der Waals surface area contributed by atoms with E-state index in [9.17, 15) is 4.79 Å². The SMILES string of the molecule is Cc1cc(-c2c(C)[nH]n(-c3nccs3)c2=O)n(-c2ccccc2)n1. The van der Waals surface area contributed by atoms with Crippen LogP contribution in [0.3, 0.4) is 0 Å². The van der Waals surface area contributed by atoms with Crippen LogP contribution in [0.25, 0.3) is 22.1 Å². The van der Waals surface area contributed by atoms with Gasteiger partial charge in [0.25, 0.3) is 5.56 Å². The van der Waals surface area contributed by atoms with Crippen LogP contribution >= 0.6 is 11.3 Å². The molecule has 0 unspecified atom stereocenters. The molecule has 0 aliphatic carbocycles. The Hall–Kier alpha value is -2.93. The van der Waals surface area contributed by atoms with Gasteiger partial charge in [-0.15, -0.1) is 11.3 Å². The van der Waals surface area contributed by atoms with Crippen LogP contribution in [0, 0.1) is 13.8 Å². The highest BCUT2D eigenvalue weighted by Crippen LogP contribution is 2.24. The molecule has 120 valence electrons. The van der Waals surface area contributed by atoms with Crippen molar-refractivity contribution in [2.24, 2.45) is 0 Å². The number of para-hydroxylation sites is 1. The number of benzene rings is 1. The van der Waals surface area contributed by atoms with Gasteiger partial charge in [0.2, 0.25) is 5.13 Å². The van der Waals surface area contributed by atoms with E-state index in [1.807, 2.05) is 55.6 Å². The number of thiazole rings is 1. The minimum atomic E-state index is -0.125. The quantitative estimate of drug-likeness (QED) is 0.624. The van der Waals surface area contributed by atoms with Crippen LogP contribution in [0.1, 0.15) is 11.4 Å². The molecule has 3 aromatic heterocycles. The predicted octanol–water partition coefficient (Wildman–Crippen LogP) is 3.09. The fourth-order valence-corrected chi connectivity index (χ4v) is 3.35. The van der Waals surface area contributed by atoms with E-state index in [1.165, 1.54) is 16.0 Å². The van der Waals surface area contributed by atoms with Gasteiger partial charge in [-0.3, -0.25) is 9.89 Å². The first-order chi connectivity index (χ1) is 11.6. The van der Waals surface area contributed by atoms with Crippen molar-refractivity contribution in [1.82, 2.24) is 24.5 Å². The fraction of sp³-hybridized carbons (Fsp3) is 0.118. The number of hydrogen-bond acceptors (Lipinski definition) is 4. The van der Waals surface area contributed by atoms with E-state index in [1.54, 1.807) is 10.9 Å². The largest absolute Gasteiger partial charge is 0.293 e. The topological polar surface area (TPSA) is 68.5 Å². The molecule has 0 saturated heterocycles. The number of aromatic nitrogens is 5. The summed E-state index contributed by atoms with van der Waals surface area (Å²) in [7, 11) is 0. The predicted molar refractivity (Wildman–Crippen MR) is 94.1 cm³/mol. The summed E-state index contributed by atoms with van der Waals surface area (Å²) in [5, 5.41) is 10.1. The van der Waals surface area contributed by atoms with Crippen molar-refractivity contribution in [2.75, 3.05) is 0 Å². The molecule has 3 heterocycles. The highest BCUT2D eigenvalue weighted by Gasteiger charge is 2.20. The van der Waals surface area contributed by atoms with E-state index >= 15 is 0 Å². The molecule has 4 aromatic rings. The zero-order valence-electron chi connectivity index (χ0n) is 13.2. The lowest BCUT2D eigenvalue weighted by atomic mass is 10.1. The number of aryl methyl sites for hydroxylation is 2. The molecular weight excluding hydrogens is 322 g/mol. The summed E-state index contributed by atoms with van der Waals surface area (Å²) in [4.78, 5) is 17.1. The van der Waals surface area contributed by atoms with E-state index in [2.05, 4.69) is 15.2 Å². The van der Waals surface area contributed by atoms with Gasteiger partial charge in [0.1, 0.15) is 0 Å². The van der Waals surface area contributed by atoms with E-state index in [0.717, 1.165) is 22.8 Å². The smallest absolute Gasteiger partial charge is 0.283 e. The Morgan fingerprint density at radius 1 is 1.17 bits per heavy atom. The number of H-pyrrole nitrogens is 1. The van der Waals surface area contributed by atoms with Gasteiger partial charge >= 0.3 is 0 Å². The average Bonchev–Trinajstić information content (AvgIpc) is 3.28. The first-order valence-corrected chi connectivity index (χ1v) is 8.37. The van der Waals surface area contributed by atoms with Crippen molar-refractivity contribution in [3.63, 3.8) is 0 Å². The van der Waals surface area contributed by atoms with Crippen molar-refractivity contribution < 1.29 is 0 Å². The summed E-state index contributed by atoms with van der Waals surface area (Å²) < 4.78 is 3.28. The normalized spacial score (nSPS) is 11.1. The Morgan fingerprint density at radius 3 is 2.67 bits per heavy atom. The molecule has 0 atom stereocenters. The minimum absolute atomic E-state index is 0.125. The molecule has 0 saturated carbocycles. The van der Waals surface area contributed by atoms with Gasteiger partial charge < -0.3 is 0 Å². The highest BCUT2D eigenvalue weighted by molar-refractivity contribution is 7.12. The Bertz CT molecular complexity index is 1040. The first-order valence-electron chi connectivity index (χ1n) is 7.49. The van der Waals surface area contributed by atoms with Gasteiger partial charge in [-0.05, 0) is 32.0 Å². The molecule has 1 aromatic carbocycles. The van der Waals surface area contributed by atoms with E-state index in [-0.39, 0.29) is 5.56 Å². The molecule has 0 radical (unpaired) electrons. The number of nitrogens with zero attached hydrogens (tertiary/aromatic N) is 4. The molecule has 0 fully saturated rings. The lowest BCUT2D eigenvalue weighted by molar-refractivity contribution is 0.826. The molecule has 24 heavy (non-hydrogen) atoms. The molecule has 0 amide bonds. The molecule has 7 heteroatoms. The zero-order chi connectivity index (χ0) is 16.7. The maximum absolute atomic E-state index is 12.9. The van der Waals surface area contributed by atoms with Gasteiger partial charge in [0, 0.05) is 17.3 Å². The summed E-state index contributed by atoms with van der Waals surface area (Å²) in [5.41, 5.74) is 3.81. The third kappa shape index (κ3) is 2.30. The molecule has 0 aliphatic heterocycles. The van der Waals surface area contributed by atoms with Crippen molar-refractivity contribution in [3.8, 4) is 22.1 Å².